The lowest BCUT2D eigenvalue weighted by atomic mass is 9.88. The summed E-state index contributed by atoms with van der Waals surface area (Å²) in [6.45, 7) is 6.43. The van der Waals surface area contributed by atoms with Gasteiger partial charge in [0.1, 0.15) is 0 Å². The number of aryl methyl sites for hydroxylation is 2. The summed E-state index contributed by atoms with van der Waals surface area (Å²) in [5.74, 6) is 0. The predicted octanol–water partition coefficient (Wildman–Crippen LogP) is 3.19. The zero-order valence-corrected chi connectivity index (χ0v) is 11.6. The number of benzene rings is 1. The number of rotatable bonds is 5. The third kappa shape index (κ3) is 3.04. The first kappa shape index (κ1) is 13.8. The molecule has 2 rings (SSSR count). The molecule has 0 atom stereocenters. The van der Waals surface area contributed by atoms with Gasteiger partial charge < -0.3 is 10.1 Å². The van der Waals surface area contributed by atoms with Crippen molar-refractivity contribution in [3.8, 4) is 0 Å². The smallest absolute Gasteiger partial charge is 0.272 e. The molecule has 1 fully saturated rings. The maximum atomic E-state index is 10.9. The summed E-state index contributed by atoms with van der Waals surface area (Å²) in [4.78, 5) is 10.5. The molecule has 5 heteroatoms. The molecule has 0 amide bonds. The van der Waals surface area contributed by atoms with Gasteiger partial charge in [0.15, 0.2) is 0 Å². The van der Waals surface area contributed by atoms with Crippen LogP contribution in [0.5, 0.6) is 0 Å². The summed E-state index contributed by atoms with van der Waals surface area (Å²) < 4.78 is 5.52. The molecule has 0 aliphatic heterocycles. The standard InChI is InChI=1S/C14H20N2O3/c1-4-19-12-7-11(8-12)15-13-5-10(3)14(16(17)18)6-9(13)2/h5-6,11-12,15H,4,7-8H2,1-3H3. The molecule has 1 aromatic carbocycles. The molecule has 0 radical (unpaired) electrons. The zero-order valence-electron chi connectivity index (χ0n) is 11.6. The van der Waals surface area contributed by atoms with Crippen LogP contribution in [0.3, 0.4) is 0 Å². The number of hydrogen-bond acceptors (Lipinski definition) is 4. The van der Waals surface area contributed by atoms with Crippen molar-refractivity contribution in [2.75, 3.05) is 11.9 Å². The van der Waals surface area contributed by atoms with E-state index in [4.69, 9.17) is 4.74 Å². The molecule has 0 heterocycles. The van der Waals surface area contributed by atoms with Gasteiger partial charge in [0, 0.05) is 30.0 Å². The van der Waals surface area contributed by atoms with Gasteiger partial charge in [-0.3, -0.25) is 10.1 Å². The summed E-state index contributed by atoms with van der Waals surface area (Å²) in [6, 6.07) is 3.91. The Morgan fingerprint density at radius 3 is 2.63 bits per heavy atom. The Morgan fingerprint density at radius 2 is 2.05 bits per heavy atom. The summed E-state index contributed by atoms with van der Waals surface area (Å²) in [5.41, 5.74) is 2.78. The summed E-state index contributed by atoms with van der Waals surface area (Å²) in [7, 11) is 0. The number of anilines is 1. The molecule has 1 aliphatic rings. The van der Waals surface area contributed by atoms with Crippen LogP contribution < -0.4 is 5.32 Å². The first-order valence-corrected chi connectivity index (χ1v) is 6.65. The van der Waals surface area contributed by atoms with E-state index in [0.717, 1.165) is 30.7 Å². The van der Waals surface area contributed by atoms with Crippen molar-refractivity contribution in [2.24, 2.45) is 0 Å². The average molecular weight is 264 g/mol. The molecule has 0 spiro atoms. The van der Waals surface area contributed by atoms with Crippen LogP contribution in [0.1, 0.15) is 30.9 Å². The van der Waals surface area contributed by atoms with Gasteiger partial charge >= 0.3 is 0 Å². The van der Waals surface area contributed by atoms with E-state index in [2.05, 4.69) is 5.32 Å². The van der Waals surface area contributed by atoms with Gasteiger partial charge in [-0.1, -0.05) is 0 Å². The van der Waals surface area contributed by atoms with Gasteiger partial charge in [-0.05, 0) is 45.2 Å². The molecule has 1 aromatic rings. The average Bonchev–Trinajstić information content (AvgIpc) is 2.30. The van der Waals surface area contributed by atoms with E-state index >= 15 is 0 Å². The number of ether oxygens (including phenoxy) is 1. The lowest BCUT2D eigenvalue weighted by Crippen LogP contribution is -2.40. The molecular formula is C14H20N2O3. The highest BCUT2D eigenvalue weighted by Crippen LogP contribution is 2.31. The largest absolute Gasteiger partial charge is 0.382 e. The lowest BCUT2D eigenvalue weighted by molar-refractivity contribution is -0.385. The maximum Gasteiger partial charge on any atom is 0.272 e. The second-order valence-corrected chi connectivity index (χ2v) is 5.10. The van der Waals surface area contributed by atoms with Crippen molar-refractivity contribution >= 4 is 11.4 Å². The first-order chi connectivity index (χ1) is 9.01. The number of nitrogens with zero attached hydrogens (tertiary/aromatic N) is 1. The van der Waals surface area contributed by atoms with Crippen molar-refractivity contribution < 1.29 is 9.66 Å². The molecule has 104 valence electrons. The first-order valence-electron chi connectivity index (χ1n) is 6.65. The molecule has 0 saturated heterocycles. The van der Waals surface area contributed by atoms with Crippen LogP contribution in [0.25, 0.3) is 0 Å². The molecule has 1 saturated carbocycles. The Bertz CT molecular complexity index is 482. The van der Waals surface area contributed by atoms with Crippen LogP contribution >= 0.6 is 0 Å². The van der Waals surface area contributed by atoms with Crippen LogP contribution in [-0.2, 0) is 4.74 Å². The van der Waals surface area contributed by atoms with Gasteiger partial charge in [-0.2, -0.15) is 0 Å². The molecular weight excluding hydrogens is 244 g/mol. The second-order valence-electron chi connectivity index (χ2n) is 5.10. The van der Waals surface area contributed by atoms with Crippen molar-refractivity contribution in [1.29, 1.82) is 0 Å². The zero-order chi connectivity index (χ0) is 14.0. The molecule has 1 aliphatic carbocycles. The minimum absolute atomic E-state index is 0.184. The Balaban J connectivity index is 2.02. The fourth-order valence-corrected chi connectivity index (χ4v) is 2.43. The summed E-state index contributed by atoms with van der Waals surface area (Å²) >= 11 is 0. The second kappa shape index (κ2) is 5.57. The monoisotopic (exact) mass is 264 g/mol. The van der Waals surface area contributed by atoms with Crippen molar-refractivity contribution in [3.05, 3.63) is 33.4 Å². The van der Waals surface area contributed by atoms with Crippen LogP contribution in [0.2, 0.25) is 0 Å². The van der Waals surface area contributed by atoms with Gasteiger partial charge in [0.2, 0.25) is 0 Å². The molecule has 0 aromatic heterocycles. The van der Waals surface area contributed by atoms with Gasteiger partial charge in [0.05, 0.1) is 11.0 Å². The Kier molecular flexibility index (Phi) is 4.04. The lowest BCUT2D eigenvalue weighted by Gasteiger charge is -2.36. The minimum Gasteiger partial charge on any atom is -0.382 e. The summed E-state index contributed by atoms with van der Waals surface area (Å²) in [6.07, 6.45) is 2.37. The highest BCUT2D eigenvalue weighted by atomic mass is 16.6. The number of hydrogen-bond donors (Lipinski definition) is 1. The van der Waals surface area contributed by atoms with E-state index in [0.29, 0.717) is 17.7 Å². The van der Waals surface area contributed by atoms with Crippen LogP contribution in [0, 0.1) is 24.0 Å². The normalized spacial score (nSPS) is 21.8. The Labute approximate surface area is 113 Å². The van der Waals surface area contributed by atoms with E-state index in [1.165, 1.54) is 0 Å². The molecule has 0 bridgehead atoms. The Hall–Kier alpha value is -1.62. The highest BCUT2D eigenvalue weighted by molar-refractivity contribution is 5.59. The molecule has 1 N–H and O–H groups in total. The molecule has 0 unspecified atom stereocenters. The van der Waals surface area contributed by atoms with Crippen LogP contribution in [-0.4, -0.2) is 23.7 Å². The third-order valence-corrected chi connectivity index (χ3v) is 3.60. The van der Waals surface area contributed by atoms with E-state index in [-0.39, 0.29) is 10.6 Å². The summed E-state index contributed by atoms with van der Waals surface area (Å²) in [5, 5.41) is 14.3. The third-order valence-electron chi connectivity index (χ3n) is 3.60. The van der Waals surface area contributed by atoms with E-state index in [1.54, 1.807) is 13.0 Å². The van der Waals surface area contributed by atoms with E-state index in [1.807, 2.05) is 19.9 Å². The van der Waals surface area contributed by atoms with Gasteiger partial charge in [-0.25, -0.2) is 0 Å². The molecule has 19 heavy (non-hydrogen) atoms. The maximum absolute atomic E-state index is 10.9. The van der Waals surface area contributed by atoms with Gasteiger partial charge in [0.25, 0.3) is 5.69 Å². The topological polar surface area (TPSA) is 64.4 Å². The fraction of sp³-hybridized carbons (Fsp3) is 0.571. The number of nitro benzene ring substituents is 1. The van der Waals surface area contributed by atoms with E-state index in [9.17, 15) is 10.1 Å². The van der Waals surface area contributed by atoms with Crippen LogP contribution in [0.15, 0.2) is 12.1 Å². The van der Waals surface area contributed by atoms with Crippen LogP contribution in [0.4, 0.5) is 11.4 Å². The minimum atomic E-state index is -0.333. The number of nitro groups is 1. The molecule has 5 nitrogen and oxygen atoms in total. The fourth-order valence-electron chi connectivity index (χ4n) is 2.43. The van der Waals surface area contributed by atoms with Crippen molar-refractivity contribution in [1.82, 2.24) is 0 Å². The van der Waals surface area contributed by atoms with Gasteiger partial charge in [-0.15, -0.1) is 0 Å². The van der Waals surface area contributed by atoms with Crippen molar-refractivity contribution in [3.63, 3.8) is 0 Å². The number of nitrogens with one attached hydrogen (secondary N) is 1. The van der Waals surface area contributed by atoms with Crippen molar-refractivity contribution in [2.45, 2.75) is 45.8 Å². The van der Waals surface area contributed by atoms with E-state index < -0.39 is 0 Å². The Morgan fingerprint density at radius 1 is 1.37 bits per heavy atom. The SMILES string of the molecule is CCOC1CC(Nc2cc(C)c([N+](=O)[O-])cc2C)C1. The quantitative estimate of drug-likeness (QED) is 0.655. The highest BCUT2D eigenvalue weighted by Gasteiger charge is 2.29. The predicted molar refractivity (Wildman–Crippen MR) is 74.6 cm³/mol.